The zero-order valence-electron chi connectivity index (χ0n) is 7.97. The molecule has 2 N–H and O–H groups in total. The van der Waals surface area contributed by atoms with Gasteiger partial charge in [0.1, 0.15) is 0 Å². The minimum Gasteiger partial charge on any atom is -0.427 e. The van der Waals surface area contributed by atoms with Crippen LogP contribution in [0.1, 0.15) is 13.8 Å². The number of rotatable bonds is 7. The van der Waals surface area contributed by atoms with Crippen LogP contribution in [0.15, 0.2) is 0 Å². The zero-order chi connectivity index (χ0) is 10.3. The maximum Gasteiger partial charge on any atom is 0.452 e. The summed E-state index contributed by atoms with van der Waals surface area (Å²) in [5.74, 6) is 0. The van der Waals surface area contributed by atoms with Crippen molar-refractivity contribution < 1.29 is 23.7 Å². The highest BCUT2D eigenvalue weighted by Gasteiger charge is 2.25. The van der Waals surface area contributed by atoms with E-state index >= 15 is 0 Å². The maximum absolute atomic E-state index is 11.7. The molecule has 0 bridgehead atoms. The van der Waals surface area contributed by atoms with E-state index in [0.29, 0.717) is 13.2 Å². The van der Waals surface area contributed by atoms with Crippen LogP contribution in [0, 0.1) is 0 Å². The SMILES string of the molecule is CCOP(=O)(CCB(O)O)OCC. The molecular weight excluding hydrogens is 194 g/mol. The predicted octanol–water partition coefficient (Wildman–Crippen LogP) is 0.725. The average Bonchev–Trinajstić information content (AvgIpc) is 2.02. The molecule has 0 aromatic rings. The maximum atomic E-state index is 11.7. The van der Waals surface area contributed by atoms with Crippen molar-refractivity contribution in [3.05, 3.63) is 0 Å². The second kappa shape index (κ2) is 6.57. The van der Waals surface area contributed by atoms with Gasteiger partial charge in [0, 0.05) is 6.16 Å². The summed E-state index contributed by atoms with van der Waals surface area (Å²) in [6.07, 6.45) is 0.0314. The van der Waals surface area contributed by atoms with Crippen LogP contribution in [0.4, 0.5) is 0 Å². The molecule has 0 rings (SSSR count). The van der Waals surface area contributed by atoms with Crippen molar-refractivity contribution in [1.82, 2.24) is 0 Å². The van der Waals surface area contributed by atoms with E-state index in [2.05, 4.69) is 0 Å². The Bertz CT molecular complexity index is 164. The second-order valence-electron chi connectivity index (χ2n) is 2.44. The Morgan fingerprint density at radius 2 is 1.69 bits per heavy atom. The fourth-order valence-electron chi connectivity index (χ4n) is 0.833. The molecular formula is C6H16BO5P. The third kappa shape index (κ3) is 6.24. The lowest BCUT2D eigenvalue weighted by Gasteiger charge is -2.16. The molecule has 13 heavy (non-hydrogen) atoms. The van der Waals surface area contributed by atoms with Gasteiger partial charge in [0.25, 0.3) is 0 Å². The lowest BCUT2D eigenvalue weighted by Crippen LogP contribution is -2.13. The van der Waals surface area contributed by atoms with Gasteiger partial charge in [-0.1, -0.05) is 0 Å². The zero-order valence-corrected chi connectivity index (χ0v) is 8.87. The van der Waals surface area contributed by atoms with Gasteiger partial charge in [-0.3, -0.25) is 4.57 Å². The summed E-state index contributed by atoms with van der Waals surface area (Å²) < 4.78 is 21.5. The van der Waals surface area contributed by atoms with Crippen LogP contribution in [0.25, 0.3) is 0 Å². The molecule has 0 saturated heterocycles. The first-order valence-corrected chi connectivity index (χ1v) is 6.01. The van der Waals surface area contributed by atoms with E-state index in [1.165, 1.54) is 0 Å². The van der Waals surface area contributed by atoms with Crippen LogP contribution in [-0.2, 0) is 13.6 Å². The van der Waals surface area contributed by atoms with E-state index in [1.54, 1.807) is 13.8 Å². The van der Waals surface area contributed by atoms with Gasteiger partial charge in [-0.15, -0.1) is 0 Å². The molecule has 0 spiro atoms. The molecule has 0 amide bonds. The summed E-state index contributed by atoms with van der Waals surface area (Å²) in [4.78, 5) is 0. The lowest BCUT2D eigenvalue weighted by atomic mass is 9.88. The Balaban J connectivity index is 3.99. The Morgan fingerprint density at radius 1 is 1.23 bits per heavy atom. The van der Waals surface area contributed by atoms with Crippen molar-refractivity contribution in [1.29, 1.82) is 0 Å². The van der Waals surface area contributed by atoms with Crippen molar-refractivity contribution in [2.75, 3.05) is 19.4 Å². The van der Waals surface area contributed by atoms with Gasteiger partial charge >= 0.3 is 14.7 Å². The summed E-state index contributed by atoms with van der Waals surface area (Å²) in [6, 6.07) is 0. The van der Waals surface area contributed by atoms with Gasteiger partial charge in [-0.2, -0.15) is 0 Å². The first-order chi connectivity index (χ1) is 6.04. The van der Waals surface area contributed by atoms with E-state index in [0.717, 1.165) is 0 Å². The number of hydrogen-bond donors (Lipinski definition) is 2. The molecule has 78 valence electrons. The van der Waals surface area contributed by atoms with Crippen molar-refractivity contribution >= 4 is 14.7 Å². The molecule has 7 heteroatoms. The van der Waals surface area contributed by atoms with Crippen LogP contribution in [0.5, 0.6) is 0 Å². The average molecular weight is 210 g/mol. The predicted molar refractivity (Wildman–Crippen MR) is 50.7 cm³/mol. The third-order valence-electron chi connectivity index (χ3n) is 1.31. The summed E-state index contributed by atoms with van der Waals surface area (Å²) >= 11 is 0. The minimum atomic E-state index is -3.09. The van der Waals surface area contributed by atoms with Crippen LogP contribution in [-0.4, -0.2) is 36.5 Å². The molecule has 0 heterocycles. The van der Waals surface area contributed by atoms with E-state index in [1.807, 2.05) is 0 Å². The molecule has 0 aromatic heterocycles. The smallest absolute Gasteiger partial charge is 0.427 e. The Hall–Kier alpha value is 0.135. The highest BCUT2D eigenvalue weighted by molar-refractivity contribution is 7.53. The first-order valence-electron chi connectivity index (χ1n) is 4.28. The minimum absolute atomic E-state index is 0.00270. The second-order valence-corrected chi connectivity index (χ2v) is 4.62. The quantitative estimate of drug-likeness (QED) is 0.478. The Labute approximate surface area is 78.7 Å². The van der Waals surface area contributed by atoms with Crippen LogP contribution in [0.2, 0.25) is 6.32 Å². The molecule has 0 radical (unpaired) electrons. The van der Waals surface area contributed by atoms with Crippen molar-refractivity contribution in [3.8, 4) is 0 Å². The normalized spacial score (nSPS) is 11.7. The van der Waals surface area contributed by atoms with E-state index in [4.69, 9.17) is 19.1 Å². The van der Waals surface area contributed by atoms with Crippen LogP contribution < -0.4 is 0 Å². The molecule has 0 fully saturated rings. The van der Waals surface area contributed by atoms with E-state index < -0.39 is 14.7 Å². The van der Waals surface area contributed by atoms with Gasteiger partial charge in [-0.25, -0.2) is 0 Å². The lowest BCUT2D eigenvalue weighted by molar-refractivity contribution is 0.220. The Morgan fingerprint density at radius 3 is 2.00 bits per heavy atom. The molecule has 0 aliphatic heterocycles. The topological polar surface area (TPSA) is 76.0 Å². The highest BCUT2D eigenvalue weighted by Crippen LogP contribution is 2.48. The molecule has 0 unspecified atom stereocenters. The first kappa shape index (κ1) is 13.1. The molecule has 5 nitrogen and oxygen atoms in total. The van der Waals surface area contributed by atoms with Gasteiger partial charge in [-0.05, 0) is 20.2 Å². The summed E-state index contributed by atoms with van der Waals surface area (Å²) in [6.45, 7) is 4.00. The van der Waals surface area contributed by atoms with Gasteiger partial charge in [0.05, 0.1) is 13.2 Å². The van der Waals surface area contributed by atoms with E-state index in [9.17, 15) is 4.57 Å². The molecule has 0 aromatic carbocycles. The summed E-state index contributed by atoms with van der Waals surface area (Å²) in [5, 5.41) is 17.2. The monoisotopic (exact) mass is 210 g/mol. The van der Waals surface area contributed by atoms with Crippen LogP contribution in [0.3, 0.4) is 0 Å². The van der Waals surface area contributed by atoms with Crippen molar-refractivity contribution in [3.63, 3.8) is 0 Å². The fraction of sp³-hybridized carbons (Fsp3) is 1.00. The van der Waals surface area contributed by atoms with Gasteiger partial charge in [0.15, 0.2) is 0 Å². The molecule has 0 saturated carbocycles. The Kier molecular flexibility index (Phi) is 6.64. The van der Waals surface area contributed by atoms with Gasteiger partial charge in [0.2, 0.25) is 0 Å². The van der Waals surface area contributed by atoms with Crippen LogP contribution >= 0.6 is 7.60 Å². The third-order valence-corrected chi connectivity index (χ3v) is 3.42. The standard InChI is InChI=1S/C6H16BO5P/c1-3-11-13(10,12-4-2)6-5-7(8)9/h8-9H,3-6H2,1-2H3. The summed E-state index contributed by atoms with van der Waals surface area (Å²) in [5.41, 5.74) is 0. The largest absolute Gasteiger partial charge is 0.452 e. The highest BCUT2D eigenvalue weighted by atomic mass is 31.2. The fourth-order valence-corrected chi connectivity index (χ4v) is 2.50. The van der Waals surface area contributed by atoms with Gasteiger partial charge < -0.3 is 19.1 Å². The summed E-state index contributed by atoms with van der Waals surface area (Å²) in [7, 11) is -4.56. The molecule has 0 aliphatic rings. The van der Waals surface area contributed by atoms with E-state index in [-0.39, 0.29) is 12.5 Å². The van der Waals surface area contributed by atoms with Crippen molar-refractivity contribution in [2.24, 2.45) is 0 Å². The van der Waals surface area contributed by atoms with Crippen molar-refractivity contribution in [2.45, 2.75) is 20.2 Å². The molecule has 0 atom stereocenters. The molecule has 0 aliphatic carbocycles. The number of hydrogen-bond acceptors (Lipinski definition) is 5.